The van der Waals surface area contributed by atoms with Gasteiger partial charge in [-0.05, 0) is 80.4 Å². The third-order valence-electron chi connectivity index (χ3n) is 5.34. The highest BCUT2D eigenvalue weighted by molar-refractivity contribution is 8.18. The fourth-order valence-electron chi connectivity index (χ4n) is 3.71. The zero-order chi connectivity index (χ0) is 22.0. The molecule has 4 rings (SSSR count). The van der Waals surface area contributed by atoms with Gasteiger partial charge in [-0.15, -0.1) is 0 Å². The summed E-state index contributed by atoms with van der Waals surface area (Å²) in [7, 11) is 0. The van der Waals surface area contributed by atoms with E-state index in [0.717, 1.165) is 18.8 Å². The maximum atomic E-state index is 12.9. The predicted octanol–water partition coefficient (Wildman–Crippen LogP) is 6.31. The van der Waals surface area contributed by atoms with Crippen LogP contribution in [0, 0.1) is 0 Å². The molecule has 0 aliphatic carbocycles. The summed E-state index contributed by atoms with van der Waals surface area (Å²) in [5.41, 5.74) is 2.40. The number of carbonyl (C=O) groups is 1. The quantitative estimate of drug-likeness (QED) is 0.526. The number of thioether (sulfide) groups is 1. The highest BCUT2D eigenvalue weighted by atomic mass is 35.5. The molecule has 0 spiro atoms. The summed E-state index contributed by atoms with van der Waals surface area (Å²) in [5, 5.41) is 11.4. The fourth-order valence-corrected chi connectivity index (χ4v) is 5.27. The first-order valence-electron chi connectivity index (χ1n) is 10.3. The Morgan fingerprint density at radius 1 is 1.13 bits per heavy atom. The number of hydrogen-bond donors (Lipinski definition) is 1. The van der Waals surface area contributed by atoms with Gasteiger partial charge in [0.1, 0.15) is 5.75 Å². The number of likely N-dealkylation sites (N-methyl/N-ethyl adjacent to an activating group) is 1. The van der Waals surface area contributed by atoms with Crippen molar-refractivity contribution >= 4 is 63.5 Å². The van der Waals surface area contributed by atoms with E-state index in [0.29, 0.717) is 27.2 Å². The second-order valence-electron chi connectivity index (χ2n) is 7.44. The second kappa shape index (κ2) is 9.55. The van der Waals surface area contributed by atoms with Crippen LogP contribution in [0.2, 0.25) is 10.0 Å². The molecule has 31 heavy (non-hydrogen) atoms. The highest BCUT2D eigenvalue weighted by Crippen LogP contribution is 2.38. The van der Waals surface area contributed by atoms with Gasteiger partial charge >= 0.3 is 0 Å². The molecule has 0 atom stereocenters. The van der Waals surface area contributed by atoms with E-state index < -0.39 is 0 Å². The Labute approximate surface area is 196 Å². The van der Waals surface area contributed by atoms with Crippen molar-refractivity contribution < 1.29 is 9.90 Å². The van der Waals surface area contributed by atoms with Crippen molar-refractivity contribution in [2.75, 3.05) is 24.5 Å². The van der Waals surface area contributed by atoms with Gasteiger partial charge in [0.25, 0.3) is 5.91 Å². The maximum Gasteiger partial charge on any atom is 0.266 e. The zero-order valence-corrected chi connectivity index (χ0v) is 19.5. The Kier molecular flexibility index (Phi) is 6.80. The number of piperidine rings is 1. The summed E-state index contributed by atoms with van der Waals surface area (Å²) in [4.78, 5) is 22.1. The number of carbonyl (C=O) groups excluding carboxylic acids is 1. The van der Waals surface area contributed by atoms with Gasteiger partial charge in [-0.1, -0.05) is 23.2 Å². The largest absolute Gasteiger partial charge is 0.506 e. The molecule has 2 aromatic carbocycles. The van der Waals surface area contributed by atoms with E-state index in [2.05, 4.69) is 17.0 Å². The Morgan fingerprint density at radius 3 is 2.52 bits per heavy atom. The van der Waals surface area contributed by atoms with E-state index in [-0.39, 0.29) is 16.7 Å². The SMILES string of the molecule is CCN1C(=O)/C(=C/c2cc(Cl)cc(Cl)c2O)SC1=Nc1ccc(N2CCCCC2)cc1. The van der Waals surface area contributed by atoms with Crippen molar-refractivity contribution in [2.45, 2.75) is 26.2 Å². The molecule has 162 valence electrons. The summed E-state index contributed by atoms with van der Waals surface area (Å²) in [6, 6.07) is 11.2. The van der Waals surface area contributed by atoms with E-state index in [1.807, 2.05) is 19.1 Å². The molecule has 0 bridgehead atoms. The number of aliphatic imine (C=N–C) groups is 1. The molecule has 2 fully saturated rings. The van der Waals surface area contributed by atoms with Crippen LogP contribution in [-0.4, -0.2) is 40.7 Å². The van der Waals surface area contributed by atoms with Gasteiger partial charge in [0.05, 0.1) is 15.6 Å². The van der Waals surface area contributed by atoms with Gasteiger partial charge in [0.2, 0.25) is 0 Å². The zero-order valence-electron chi connectivity index (χ0n) is 17.1. The van der Waals surface area contributed by atoms with Gasteiger partial charge in [-0.25, -0.2) is 4.99 Å². The minimum absolute atomic E-state index is 0.103. The van der Waals surface area contributed by atoms with E-state index in [9.17, 15) is 9.90 Å². The minimum Gasteiger partial charge on any atom is -0.506 e. The summed E-state index contributed by atoms with van der Waals surface area (Å²) < 4.78 is 0. The van der Waals surface area contributed by atoms with Crippen LogP contribution in [0.25, 0.3) is 6.08 Å². The van der Waals surface area contributed by atoms with Crippen LogP contribution in [0.5, 0.6) is 5.75 Å². The molecule has 8 heteroatoms. The van der Waals surface area contributed by atoms with E-state index in [4.69, 9.17) is 28.2 Å². The molecular formula is C23H23Cl2N3O2S. The van der Waals surface area contributed by atoms with Crippen molar-refractivity contribution in [3.05, 3.63) is 56.9 Å². The monoisotopic (exact) mass is 475 g/mol. The fraction of sp³-hybridized carbons (Fsp3) is 0.304. The molecule has 1 N–H and O–H groups in total. The average Bonchev–Trinajstić information content (AvgIpc) is 3.06. The lowest BCUT2D eigenvalue weighted by Gasteiger charge is -2.28. The first kappa shape index (κ1) is 22.1. The lowest BCUT2D eigenvalue weighted by molar-refractivity contribution is -0.122. The van der Waals surface area contributed by atoms with E-state index in [1.54, 1.807) is 17.0 Å². The van der Waals surface area contributed by atoms with Crippen molar-refractivity contribution in [3.63, 3.8) is 0 Å². The van der Waals surface area contributed by atoms with Crippen molar-refractivity contribution in [1.82, 2.24) is 4.90 Å². The molecule has 5 nitrogen and oxygen atoms in total. The number of hydrogen-bond acceptors (Lipinski definition) is 5. The molecule has 0 radical (unpaired) electrons. The van der Waals surface area contributed by atoms with Crippen LogP contribution in [0.15, 0.2) is 46.3 Å². The molecule has 0 aromatic heterocycles. The third-order valence-corrected chi connectivity index (χ3v) is 6.86. The molecule has 2 aromatic rings. The normalized spacial score (nSPS) is 19.6. The van der Waals surface area contributed by atoms with Crippen molar-refractivity contribution in [1.29, 1.82) is 0 Å². The number of amides is 1. The standard InChI is InChI=1S/C23H23Cl2N3O2S/c1-2-28-22(30)20(13-15-12-16(24)14-19(25)21(15)29)31-23(28)26-17-6-8-18(9-7-17)27-10-4-3-5-11-27/h6-9,12-14,29H,2-5,10-11H2,1H3/b20-13-,26-23?. The van der Waals surface area contributed by atoms with Crippen molar-refractivity contribution in [3.8, 4) is 5.75 Å². The van der Waals surface area contributed by atoms with E-state index >= 15 is 0 Å². The van der Waals surface area contributed by atoms with Gasteiger partial charge < -0.3 is 10.0 Å². The lowest BCUT2D eigenvalue weighted by Crippen LogP contribution is -2.29. The smallest absolute Gasteiger partial charge is 0.266 e. The molecule has 2 saturated heterocycles. The average molecular weight is 476 g/mol. The topological polar surface area (TPSA) is 56.1 Å². The third kappa shape index (κ3) is 4.86. The molecule has 2 aliphatic heterocycles. The first-order valence-corrected chi connectivity index (χ1v) is 11.9. The summed E-state index contributed by atoms with van der Waals surface area (Å²) in [6.45, 7) is 4.59. The van der Waals surface area contributed by atoms with Gasteiger partial charge in [-0.3, -0.25) is 9.69 Å². The Hall–Kier alpha value is -2.15. The second-order valence-corrected chi connectivity index (χ2v) is 9.30. The van der Waals surface area contributed by atoms with Crippen LogP contribution in [0.3, 0.4) is 0 Å². The summed E-state index contributed by atoms with van der Waals surface area (Å²) in [5.74, 6) is -0.264. The molecule has 0 saturated carbocycles. The minimum atomic E-state index is -0.160. The Balaban J connectivity index is 1.59. The van der Waals surface area contributed by atoms with Crippen LogP contribution < -0.4 is 4.90 Å². The number of phenolic OH excluding ortho intramolecular Hbond substituents is 1. The van der Waals surface area contributed by atoms with Crippen LogP contribution in [-0.2, 0) is 4.79 Å². The number of aromatic hydroxyl groups is 1. The number of amidine groups is 1. The van der Waals surface area contributed by atoms with Crippen LogP contribution in [0.1, 0.15) is 31.7 Å². The molecule has 1 amide bonds. The molecular weight excluding hydrogens is 453 g/mol. The number of benzene rings is 2. The predicted molar refractivity (Wildman–Crippen MR) is 131 cm³/mol. The van der Waals surface area contributed by atoms with Gasteiger partial charge in [0.15, 0.2) is 5.17 Å². The first-order chi connectivity index (χ1) is 15.0. The number of halogens is 2. The van der Waals surface area contributed by atoms with Crippen LogP contribution >= 0.6 is 35.0 Å². The van der Waals surface area contributed by atoms with Gasteiger partial charge in [0, 0.05) is 35.9 Å². The van der Waals surface area contributed by atoms with Gasteiger partial charge in [-0.2, -0.15) is 0 Å². The maximum absolute atomic E-state index is 12.9. The number of rotatable bonds is 4. The molecule has 0 unspecified atom stereocenters. The van der Waals surface area contributed by atoms with Crippen LogP contribution in [0.4, 0.5) is 11.4 Å². The highest BCUT2D eigenvalue weighted by Gasteiger charge is 2.32. The number of nitrogens with zero attached hydrogens (tertiary/aromatic N) is 3. The van der Waals surface area contributed by atoms with E-state index in [1.165, 1.54) is 42.8 Å². The summed E-state index contributed by atoms with van der Waals surface area (Å²) in [6.07, 6.45) is 5.37. The Morgan fingerprint density at radius 2 is 1.84 bits per heavy atom. The number of anilines is 1. The summed E-state index contributed by atoms with van der Waals surface area (Å²) >= 11 is 13.3. The van der Waals surface area contributed by atoms with Crippen molar-refractivity contribution in [2.24, 2.45) is 4.99 Å². The Bertz CT molecular complexity index is 1050. The molecule has 2 heterocycles. The lowest BCUT2D eigenvalue weighted by atomic mass is 10.1. The number of phenols is 1. The molecule has 2 aliphatic rings.